The molecule has 0 spiro atoms. The molecule has 0 aromatic rings. The first-order valence-electron chi connectivity index (χ1n) is 6.88. The zero-order valence-corrected chi connectivity index (χ0v) is 10.2. The molecule has 0 heterocycles. The van der Waals surface area contributed by atoms with Gasteiger partial charge in [-0.1, -0.05) is 78.1 Å². The minimum atomic E-state index is 0. The zero-order chi connectivity index (χ0) is 10.2. The second-order valence-corrected chi connectivity index (χ2v) is 5.09. The lowest BCUT2D eigenvalue weighted by molar-refractivity contribution is 0.219. The molecule has 0 nitrogen and oxygen atoms in total. The fraction of sp³-hybridized carbons (Fsp3) is 1.00. The molecule has 1 unspecified atom stereocenters. The number of hydrogen-bond acceptors (Lipinski definition) is 0. The van der Waals surface area contributed by atoms with Gasteiger partial charge in [-0.15, -0.1) is 0 Å². The summed E-state index contributed by atoms with van der Waals surface area (Å²) in [4.78, 5) is 0. The second kappa shape index (κ2) is 7.31. The quantitative estimate of drug-likeness (QED) is 0.518. The van der Waals surface area contributed by atoms with Crippen molar-refractivity contribution < 1.29 is 2.85 Å². The summed E-state index contributed by atoms with van der Waals surface area (Å²) >= 11 is 0. The van der Waals surface area contributed by atoms with Crippen LogP contribution in [0.25, 0.3) is 0 Å². The lowest BCUT2D eigenvalue weighted by Gasteiger charge is -2.30. The largest absolute Gasteiger partial charge is 0.0654 e. The van der Waals surface area contributed by atoms with Crippen LogP contribution in [0.15, 0.2) is 0 Å². The number of unbranched alkanes of at least 4 members (excludes halogenated alkanes) is 1. The smallest absolute Gasteiger partial charge is 0 e. The molecular formula is C14H32. The summed E-state index contributed by atoms with van der Waals surface area (Å²) in [6.45, 7) is 4.67. The van der Waals surface area contributed by atoms with Crippen LogP contribution in [0.3, 0.4) is 0 Å². The Bertz CT molecular complexity index is 131. The Balaban J connectivity index is 0. The van der Waals surface area contributed by atoms with Gasteiger partial charge in [-0.05, 0) is 11.8 Å². The first-order chi connectivity index (χ1) is 6.88. The minimum Gasteiger partial charge on any atom is -0.0654 e. The number of hydrogen-bond donors (Lipinski definition) is 0. The molecule has 0 N–H and O–H groups in total. The van der Waals surface area contributed by atoms with Gasteiger partial charge in [0.1, 0.15) is 0 Å². The lowest BCUT2D eigenvalue weighted by Crippen LogP contribution is -2.17. The predicted octanol–water partition coefficient (Wildman–Crippen LogP) is 5.67. The van der Waals surface area contributed by atoms with Crippen LogP contribution in [0, 0.1) is 11.8 Å². The summed E-state index contributed by atoms with van der Waals surface area (Å²) in [7, 11) is 0. The zero-order valence-electron chi connectivity index (χ0n) is 10.2. The molecule has 0 heteroatoms. The van der Waals surface area contributed by atoms with Gasteiger partial charge >= 0.3 is 0 Å². The van der Waals surface area contributed by atoms with E-state index in [1.54, 1.807) is 0 Å². The molecule has 1 atom stereocenters. The van der Waals surface area contributed by atoms with Crippen molar-refractivity contribution in [2.45, 2.75) is 78.1 Å². The normalized spacial score (nSPS) is 21.0. The van der Waals surface area contributed by atoms with Gasteiger partial charge in [0.25, 0.3) is 0 Å². The third-order valence-corrected chi connectivity index (χ3v) is 3.90. The summed E-state index contributed by atoms with van der Waals surface area (Å²) in [5, 5.41) is 0. The summed E-state index contributed by atoms with van der Waals surface area (Å²) in [6.07, 6.45) is 14.8. The highest BCUT2D eigenvalue weighted by molar-refractivity contribution is 4.73. The fourth-order valence-electron chi connectivity index (χ4n) is 3.06. The SMILES string of the molecule is CCCCC(CCC)C1CCCCC1.[HH].[HH]. The van der Waals surface area contributed by atoms with E-state index < -0.39 is 0 Å². The van der Waals surface area contributed by atoms with E-state index in [9.17, 15) is 0 Å². The molecule has 0 aromatic carbocycles. The van der Waals surface area contributed by atoms with Crippen molar-refractivity contribution in [1.82, 2.24) is 0 Å². The highest BCUT2D eigenvalue weighted by Crippen LogP contribution is 2.35. The van der Waals surface area contributed by atoms with Gasteiger partial charge in [0, 0.05) is 2.85 Å². The Morgan fingerprint density at radius 2 is 1.71 bits per heavy atom. The molecule has 0 saturated heterocycles. The van der Waals surface area contributed by atoms with Gasteiger partial charge in [0.05, 0.1) is 0 Å². The minimum absolute atomic E-state index is 0. The molecule has 1 rings (SSSR count). The maximum absolute atomic E-state index is 2.35. The second-order valence-electron chi connectivity index (χ2n) is 5.09. The topological polar surface area (TPSA) is 0 Å². The van der Waals surface area contributed by atoms with E-state index in [-0.39, 0.29) is 2.85 Å². The monoisotopic (exact) mass is 200 g/mol. The van der Waals surface area contributed by atoms with Crippen LogP contribution in [-0.4, -0.2) is 0 Å². The van der Waals surface area contributed by atoms with Gasteiger partial charge in [0.15, 0.2) is 0 Å². The standard InChI is InChI=1S/C14H28.2H2/c1-3-5-10-13(9-4-2)14-11-7-6-8-12-14;;/h13-14H,3-12H2,1-2H3;2*1H. The summed E-state index contributed by atoms with van der Waals surface area (Å²) in [5.74, 6) is 2.16. The third-order valence-electron chi connectivity index (χ3n) is 3.90. The molecule has 1 aliphatic carbocycles. The van der Waals surface area contributed by atoms with Gasteiger partial charge in [-0.25, -0.2) is 0 Å². The Morgan fingerprint density at radius 1 is 1.00 bits per heavy atom. The molecule has 1 saturated carbocycles. The van der Waals surface area contributed by atoms with E-state index in [4.69, 9.17) is 0 Å². The molecule has 0 radical (unpaired) electrons. The molecular weight excluding hydrogens is 168 g/mol. The van der Waals surface area contributed by atoms with Crippen molar-refractivity contribution in [2.24, 2.45) is 11.8 Å². The van der Waals surface area contributed by atoms with E-state index in [2.05, 4.69) is 13.8 Å². The van der Waals surface area contributed by atoms with Crippen LogP contribution in [0.4, 0.5) is 0 Å². The first kappa shape index (κ1) is 12.1. The highest BCUT2D eigenvalue weighted by atomic mass is 14.3. The average molecular weight is 200 g/mol. The Kier molecular flexibility index (Phi) is 6.31. The molecule has 0 aromatic heterocycles. The lowest BCUT2D eigenvalue weighted by atomic mass is 9.76. The summed E-state index contributed by atoms with van der Waals surface area (Å²) in [5.41, 5.74) is 0. The average Bonchev–Trinajstić information content (AvgIpc) is 2.25. The van der Waals surface area contributed by atoms with Crippen molar-refractivity contribution in [1.29, 1.82) is 0 Å². The highest BCUT2D eigenvalue weighted by Gasteiger charge is 2.22. The molecule has 0 bridgehead atoms. The van der Waals surface area contributed by atoms with Crippen molar-refractivity contribution in [2.75, 3.05) is 0 Å². The maximum Gasteiger partial charge on any atom is 0 e. The molecule has 14 heavy (non-hydrogen) atoms. The van der Waals surface area contributed by atoms with E-state index in [0.29, 0.717) is 0 Å². The van der Waals surface area contributed by atoms with E-state index in [0.717, 1.165) is 11.8 Å². The van der Waals surface area contributed by atoms with E-state index >= 15 is 0 Å². The fourth-order valence-corrected chi connectivity index (χ4v) is 3.06. The Morgan fingerprint density at radius 3 is 2.29 bits per heavy atom. The van der Waals surface area contributed by atoms with Crippen LogP contribution >= 0.6 is 0 Å². The van der Waals surface area contributed by atoms with Gasteiger partial charge in [-0.3, -0.25) is 0 Å². The van der Waals surface area contributed by atoms with Crippen molar-refractivity contribution in [3.05, 3.63) is 0 Å². The van der Waals surface area contributed by atoms with Crippen LogP contribution in [-0.2, 0) is 0 Å². The molecule has 1 fully saturated rings. The van der Waals surface area contributed by atoms with Crippen LogP contribution in [0.5, 0.6) is 0 Å². The van der Waals surface area contributed by atoms with Crippen LogP contribution in [0.1, 0.15) is 80.9 Å². The van der Waals surface area contributed by atoms with E-state index in [1.807, 2.05) is 0 Å². The first-order valence-corrected chi connectivity index (χ1v) is 6.88. The Hall–Kier alpha value is 0. The summed E-state index contributed by atoms with van der Waals surface area (Å²) in [6, 6.07) is 0. The van der Waals surface area contributed by atoms with Crippen molar-refractivity contribution in [3.63, 3.8) is 0 Å². The number of rotatable bonds is 6. The third kappa shape index (κ3) is 4.02. The molecule has 1 aliphatic rings. The van der Waals surface area contributed by atoms with E-state index in [1.165, 1.54) is 64.2 Å². The van der Waals surface area contributed by atoms with Crippen LogP contribution in [0.2, 0.25) is 0 Å². The molecule has 0 aliphatic heterocycles. The Labute approximate surface area is 93.4 Å². The van der Waals surface area contributed by atoms with Gasteiger partial charge < -0.3 is 0 Å². The molecule has 0 amide bonds. The van der Waals surface area contributed by atoms with Gasteiger partial charge in [-0.2, -0.15) is 0 Å². The predicted molar refractivity (Wildman–Crippen MR) is 68.7 cm³/mol. The van der Waals surface area contributed by atoms with Gasteiger partial charge in [0.2, 0.25) is 0 Å². The van der Waals surface area contributed by atoms with Crippen molar-refractivity contribution in [3.8, 4) is 0 Å². The van der Waals surface area contributed by atoms with Crippen molar-refractivity contribution >= 4 is 0 Å². The maximum atomic E-state index is 2.35. The van der Waals surface area contributed by atoms with Crippen LogP contribution < -0.4 is 0 Å². The summed E-state index contributed by atoms with van der Waals surface area (Å²) < 4.78 is 0. The molecule has 88 valence electrons.